The highest BCUT2D eigenvalue weighted by molar-refractivity contribution is 7.98. The number of fused-ring (bicyclic) bond motifs is 1. The topological polar surface area (TPSA) is 60.9 Å². The summed E-state index contributed by atoms with van der Waals surface area (Å²) in [6.45, 7) is 0.355. The quantitative estimate of drug-likeness (QED) is 0.406. The fourth-order valence-electron chi connectivity index (χ4n) is 2.58. The van der Waals surface area contributed by atoms with E-state index >= 15 is 0 Å². The fourth-order valence-corrected chi connectivity index (χ4v) is 3.49. The third-order valence-corrected chi connectivity index (χ3v) is 4.81. The lowest BCUT2D eigenvalue weighted by atomic mass is 10.2. The fraction of sp³-hybridized carbons (Fsp3) is 0.105. The van der Waals surface area contributed by atoms with Crippen molar-refractivity contribution in [3.63, 3.8) is 0 Å². The Labute approximate surface area is 148 Å². The molecule has 0 aliphatic carbocycles. The third kappa shape index (κ3) is 3.34. The lowest BCUT2D eigenvalue weighted by Gasteiger charge is -2.12. The maximum Gasteiger partial charge on any atom is 0.262 e. The number of hydrogen-bond donors (Lipinski definition) is 0. The highest BCUT2D eigenvalue weighted by Gasteiger charge is 2.13. The molecule has 4 rings (SSSR count). The summed E-state index contributed by atoms with van der Waals surface area (Å²) >= 11 is 1.50. The van der Waals surface area contributed by atoms with Crippen LogP contribution in [0.2, 0.25) is 0 Å². The molecule has 124 valence electrons. The number of furan rings is 1. The summed E-state index contributed by atoms with van der Waals surface area (Å²) in [6.07, 6.45) is 3.37. The summed E-state index contributed by atoms with van der Waals surface area (Å²) in [5.74, 6) is 1.36. The molecule has 0 fully saturated rings. The molecule has 5 nitrogen and oxygen atoms in total. The molecule has 6 heteroatoms. The summed E-state index contributed by atoms with van der Waals surface area (Å²) in [5, 5.41) is 1.27. The van der Waals surface area contributed by atoms with E-state index in [0.29, 0.717) is 28.4 Å². The minimum atomic E-state index is -0.0643. The molecule has 0 amide bonds. The smallest absolute Gasteiger partial charge is 0.262 e. The Morgan fingerprint density at radius 1 is 1.04 bits per heavy atom. The molecule has 1 aromatic carbocycles. The zero-order chi connectivity index (χ0) is 17.1. The summed E-state index contributed by atoms with van der Waals surface area (Å²) in [6, 6.07) is 16.9. The van der Waals surface area contributed by atoms with Gasteiger partial charge in [-0.1, -0.05) is 30.0 Å². The first-order valence-corrected chi connectivity index (χ1v) is 8.84. The van der Waals surface area contributed by atoms with Gasteiger partial charge in [-0.3, -0.25) is 14.3 Å². The molecular weight excluding hydrogens is 334 g/mol. The zero-order valence-electron chi connectivity index (χ0n) is 13.3. The molecule has 3 aromatic heterocycles. The molecule has 0 saturated carbocycles. The van der Waals surface area contributed by atoms with Crippen molar-refractivity contribution in [1.82, 2.24) is 14.5 Å². The molecule has 0 saturated heterocycles. The Morgan fingerprint density at radius 3 is 2.72 bits per heavy atom. The first kappa shape index (κ1) is 15.7. The number of rotatable bonds is 5. The van der Waals surface area contributed by atoms with Crippen LogP contribution >= 0.6 is 11.8 Å². The molecular formula is C19H15N3O2S. The van der Waals surface area contributed by atoms with Gasteiger partial charge in [-0.25, -0.2) is 4.98 Å². The predicted molar refractivity (Wildman–Crippen MR) is 97.6 cm³/mol. The van der Waals surface area contributed by atoms with Crippen LogP contribution in [0.1, 0.15) is 11.5 Å². The Bertz CT molecular complexity index is 1040. The van der Waals surface area contributed by atoms with Crippen LogP contribution in [0, 0.1) is 0 Å². The molecule has 0 atom stereocenters. The van der Waals surface area contributed by atoms with Crippen molar-refractivity contribution >= 4 is 22.7 Å². The van der Waals surface area contributed by atoms with Gasteiger partial charge in [0.15, 0.2) is 5.16 Å². The first-order chi connectivity index (χ1) is 12.3. The molecule has 3 heterocycles. The summed E-state index contributed by atoms with van der Waals surface area (Å²) in [7, 11) is 0. The van der Waals surface area contributed by atoms with Gasteiger partial charge in [0.1, 0.15) is 5.76 Å². The number of benzene rings is 1. The van der Waals surface area contributed by atoms with Gasteiger partial charge < -0.3 is 4.42 Å². The number of aromatic nitrogens is 3. The highest BCUT2D eigenvalue weighted by atomic mass is 32.2. The van der Waals surface area contributed by atoms with Gasteiger partial charge in [0.25, 0.3) is 5.56 Å². The lowest BCUT2D eigenvalue weighted by molar-refractivity contribution is 0.476. The van der Waals surface area contributed by atoms with Gasteiger partial charge in [0.2, 0.25) is 0 Å². The average molecular weight is 349 g/mol. The van der Waals surface area contributed by atoms with E-state index in [2.05, 4.69) is 9.97 Å². The molecule has 0 N–H and O–H groups in total. The van der Waals surface area contributed by atoms with Crippen LogP contribution in [-0.2, 0) is 12.3 Å². The van der Waals surface area contributed by atoms with Crippen molar-refractivity contribution in [1.29, 1.82) is 0 Å². The monoisotopic (exact) mass is 349 g/mol. The zero-order valence-corrected chi connectivity index (χ0v) is 14.1. The second-order valence-electron chi connectivity index (χ2n) is 5.49. The second-order valence-corrected chi connectivity index (χ2v) is 6.43. The van der Waals surface area contributed by atoms with Gasteiger partial charge in [-0.15, -0.1) is 0 Å². The van der Waals surface area contributed by atoms with E-state index in [1.807, 2.05) is 48.5 Å². The Hall–Kier alpha value is -2.86. The SMILES string of the molecule is O=c1c2ccccc2nc(SCc2ccccn2)n1Cc1ccco1. The van der Waals surface area contributed by atoms with Crippen LogP contribution < -0.4 is 5.56 Å². The van der Waals surface area contributed by atoms with E-state index in [-0.39, 0.29) is 5.56 Å². The molecule has 4 aromatic rings. The minimum Gasteiger partial charge on any atom is -0.467 e. The molecule has 0 radical (unpaired) electrons. The van der Waals surface area contributed by atoms with Crippen LogP contribution in [0.15, 0.2) is 81.4 Å². The van der Waals surface area contributed by atoms with E-state index < -0.39 is 0 Å². The van der Waals surface area contributed by atoms with Gasteiger partial charge in [0.05, 0.1) is 29.4 Å². The minimum absolute atomic E-state index is 0.0643. The van der Waals surface area contributed by atoms with Crippen molar-refractivity contribution in [2.75, 3.05) is 0 Å². The van der Waals surface area contributed by atoms with Gasteiger partial charge in [-0.2, -0.15) is 0 Å². The highest BCUT2D eigenvalue weighted by Crippen LogP contribution is 2.22. The van der Waals surface area contributed by atoms with Crippen LogP contribution in [0.4, 0.5) is 0 Å². The predicted octanol–water partition coefficient (Wildman–Crippen LogP) is 3.73. The van der Waals surface area contributed by atoms with Crippen molar-refractivity contribution in [2.24, 2.45) is 0 Å². The largest absolute Gasteiger partial charge is 0.467 e. The molecule has 25 heavy (non-hydrogen) atoms. The summed E-state index contributed by atoms with van der Waals surface area (Å²) < 4.78 is 7.07. The van der Waals surface area contributed by atoms with Gasteiger partial charge in [-0.05, 0) is 36.4 Å². The van der Waals surface area contributed by atoms with E-state index in [4.69, 9.17) is 4.42 Å². The van der Waals surface area contributed by atoms with Crippen LogP contribution in [0.3, 0.4) is 0 Å². The Kier molecular flexibility index (Phi) is 4.35. The second kappa shape index (κ2) is 6.94. The van der Waals surface area contributed by atoms with Crippen LogP contribution in [-0.4, -0.2) is 14.5 Å². The molecule has 0 bridgehead atoms. The number of thioether (sulfide) groups is 1. The summed E-state index contributed by atoms with van der Waals surface area (Å²) in [4.78, 5) is 22.0. The van der Waals surface area contributed by atoms with E-state index in [0.717, 1.165) is 11.5 Å². The molecule has 0 unspecified atom stereocenters. The third-order valence-electron chi connectivity index (χ3n) is 3.80. The number of nitrogens with zero attached hydrogens (tertiary/aromatic N) is 3. The first-order valence-electron chi connectivity index (χ1n) is 7.86. The number of pyridine rings is 1. The van der Waals surface area contributed by atoms with Gasteiger partial charge >= 0.3 is 0 Å². The Morgan fingerprint density at radius 2 is 1.92 bits per heavy atom. The van der Waals surface area contributed by atoms with Crippen LogP contribution in [0.25, 0.3) is 10.9 Å². The van der Waals surface area contributed by atoms with Crippen molar-refractivity contribution in [3.05, 3.63) is 88.9 Å². The summed E-state index contributed by atoms with van der Waals surface area (Å²) in [5.41, 5.74) is 1.58. The maximum absolute atomic E-state index is 12.9. The van der Waals surface area contributed by atoms with E-state index in [1.54, 1.807) is 23.1 Å². The normalized spacial score (nSPS) is 11.0. The van der Waals surface area contributed by atoms with Gasteiger partial charge in [0, 0.05) is 11.9 Å². The number of para-hydroxylation sites is 1. The van der Waals surface area contributed by atoms with Crippen molar-refractivity contribution in [2.45, 2.75) is 17.5 Å². The van der Waals surface area contributed by atoms with Crippen molar-refractivity contribution < 1.29 is 4.42 Å². The van der Waals surface area contributed by atoms with Crippen LogP contribution in [0.5, 0.6) is 0 Å². The Balaban J connectivity index is 1.76. The average Bonchev–Trinajstić information content (AvgIpc) is 3.17. The van der Waals surface area contributed by atoms with E-state index in [1.165, 1.54) is 11.8 Å². The molecule has 0 spiro atoms. The standard InChI is InChI=1S/C19H15N3O2S/c23-18-16-8-1-2-9-17(16)21-19(22(18)12-15-7-5-11-24-15)25-13-14-6-3-4-10-20-14/h1-11H,12-13H2. The molecule has 0 aliphatic heterocycles. The lowest BCUT2D eigenvalue weighted by Crippen LogP contribution is -2.23. The maximum atomic E-state index is 12.9. The molecule has 0 aliphatic rings. The van der Waals surface area contributed by atoms with Crippen molar-refractivity contribution in [3.8, 4) is 0 Å². The number of hydrogen-bond acceptors (Lipinski definition) is 5. The van der Waals surface area contributed by atoms with E-state index in [9.17, 15) is 4.79 Å².